The van der Waals surface area contributed by atoms with Gasteiger partial charge in [0.25, 0.3) is 0 Å². The molecule has 0 fully saturated rings. The summed E-state index contributed by atoms with van der Waals surface area (Å²) in [6.45, 7) is 9.67. The van der Waals surface area contributed by atoms with Gasteiger partial charge in [0.1, 0.15) is 0 Å². The molecule has 0 amide bonds. The van der Waals surface area contributed by atoms with E-state index in [2.05, 4.69) is 62.3 Å². The van der Waals surface area contributed by atoms with Crippen LogP contribution >= 0.6 is 0 Å². The molecule has 2 heteroatoms. The summed E-state index contributed by atoms with van der Waals surface area (Å²) in [4.78, 5) is 4.46. The average Bonchev–Trinajstić information content (AvgIpc) is 2.44. The van der Waals surface area contributed by atoms with Gasteiger partial charge in [-0.05, 0) is 61.7 Å². The largest absolute Gasteiger partial charge is 0.310 e. The Bertz CT molecular complexity index is 561. The third kappa shape index (κ3) is 3.45. The zero-order chi connectivity index (χ0) is 14.5. The summed E-state index contributed by atoms with van der Waals surface area (Å²) < 4.78 is 0. The van der Waals surface area contributed by atoms with E-state index in [1.807, 2.05) is 12.3 Å². The van der Waals surface area contributed by atoms with E-state index in [0.717, 1.165) is 18.7 Å². The predicted molar refractivity (Wildman–Crippen MR) is 85.0 cm³/mol. The Labute approximate surface area is 122 Å². The highest BCUT2D eigenvalue weighted by Crippen LogP contribution is 2.24. The van der Waals surface area contributed by atoms with Crippen LogP contribution in [-0.4, -0.2) is 11.5 Å². The molecule has 2 rings (SSSR count). The Balaban J connectivity index is 2.31. The lowest BCUT2D eigenvalue weighted by Crippen LogP contribution is -2.24. The summed E-state index contributed by atoms with van der Waals surface area (Å²) in [5.41, 5.74) is 6.60. The van der Waals surface area contributed by atoms with Crippen LogP contribution in [0.25, 0.3) is 0 Å². The van der Waals surface area contributed by atoms with Crippen molar-refractivity contribution in [1.29, 1.82) is 0 Å². The van der Waals surface area contributed by atoms with Crippen molar-refractivity contribution in [2.45, 2.75) is 40.2 Å². The molecule has 2 aromatic rings. The maximum atomic E-state index is 4.46. The van der Waals surface area contributed by atoms with Crippen LogP contribution in [0.4, 0.5) is 0 Å². The summed E-state index contributed by atoms with van der Waals surface area (Å²) in [6.07, 6.45) is 2.80. The van der Waals surface area contributed by atoms with Crippen LogP contribution < -0.4 is 5.32 Å². The standard InChI is InChI=1S/C18H24N2/c1-5-19-18(12-16-8-6-7-9-20-16)17-11-14(3)13(2)10-15(17)4/h6-11,18-19H,5,12H2,1-4H3. The molecule has 1 aromatic heterocycles. The average molecular weight is 268 g/mol. The summed E-state index contributed by atoms with van der Waals surface area (Å²) in [7, 11) is 0. The number of nitrogens with one attached hydrogen (secondary N) is 1. The van der Waals surface area contributed by atoms with E-state index < -0.39 is 0 Å². The van der Waals surface area contributed by atoms with E-state index in [0.29, 0.717) is 6.04 Å². The smallest absolute Gasteiger partial charge is 0.0422 e. The van der Waals surface area contributed by atoms with Gasteiger partial charge < -0.3 is 5.32 Å². The number of nitrogens with zero attached hydrogens (tertiary/aromatic N) is 1. The fraction of sp³-hybridized carbons (Fsp3) is 0.389. The minimum absolute atomic E-state index is 0.328. The van der Waals surface area contributed by atoms with E-state index in [1.165, 1.54) is 22.3 Å². The number of aryl methyl sites for hydroxylation is 3. The molecule has 0 saturated heterocycles. The first-order valence-corrected chi connectivity index (χ1v) is 7.32. The Kier molecular flexibility index (Phi) is 4.91. The molecule has 1 aromatic carbocycles. The predicted octanol–water partition coefficient (Wildman–Crippen LogP) is 3.90. The first-order chi connectivity index (χ1) is 9.61. The molecule has 0 radical (unpaired) electrons. The van der Waals surface area contributed by atoms with Gasteiger partial charge in [-0.3, -0.25) is 4.98 Å². The van der Waals surface area contributed by atoms with Crippen molar-refractivity contribution >= 4 is 0 Å². The molecule has 0 saturated carbocycles. The fourth-order valence-corrected chi connectivity index (χ4v) is 2.62. The summed E-state index contributed by atoms with van der Waals surface area (Å²) in [5, 5.41) is 3.59. The number of benzene rings is 1. The molecule has 1 unspecified atom stereocenters. The first kappa shape index (κ1) is 14.7. The highest BCUT2D eigenvalue weighted by Gasteiger charge is 2.15. The van der Waals surface area contributed by atoms with E-state index in [9.17, 15) is 0 Å². The van der Waals surface area contributed by atoms with Crippen LogP contribution in [0.3, 0.4) is 0 Å². The second-order valence-corrected chi connectivity index (χ2v) is 5.43. The molecule has 0 aliphatic rings. The van der Waals surface area contributed by atoms with Gasteiger partial charge >= 0.3 is 0 Å². The molecule has 2 nitrogen and oxygen atoms in total. The van der Waals surface area contributed by atoms with Crippen molar-refractivity contribution in [2.24, 2.45) is 0 Å². The number of hydrogen-bond acceptors (Lipinski definition) is 2. The van der Waals surface area contributed by atoms with Gasteiger partial charge in [0.05, 0.1) is 0 Å². The van der Waals surface area contributed by atoms with Crippen molar-refractivity contribution in [3.05, 3.63) is 64.5 Å². The Morgan fingerprint density at radius 3 is 2.45 bits per heavy atom. The van der Waals surface area contributed by atoms with Crippen LogP contribution in [0, 0.1) is 20.8 Å². The van der Waals surface area contributed by atoms with Gasteiger partial charge in [0.2, 0.25) is 0 Å². The van der Waals surface area contributed by atoms with Crippen molar-refractivity contribution in [3.8, 4) is 0 Å². The van der Waals surface area contributed by atoms with Gasteiger partial charge in [-0.2, -0.15) is 0 Å². The molecule has 106 valence electrons. The molecular weight excluding hydrogens is 244 g/mol. The SMILES string of the molecule is CCNC(Cc1ccccn1)c1cc(C)c(C)cc1C. The van der Waals surface area contributed by atoms with E-state index in [1.54, 1.807) is 0 Å². The number of pyridine rings is 1. The van der Waals surface area contributed by atoms with Gasteiger partial charge in [-0.1, -0.05) is 25.1 Å². The van der Waals surface area contributed by atoms with Gasteiger partial charge in [-0.25, -0.2) is 0 Å². The minimum Gasteiger partial charge on any atom is -0.310 e. The normalized spacial score (nSPS) is 12.4. The van der Waals surface area contributed by atoms with Crippen molar-refractivity contribution in [1.82, 2.24) is 10.3 Å². The Hall–Kier alpha value is -1.67. The second kappa shape index (κ2) is 6.67. The van der Waals surface area contributed by atoms with Gasteiger partial charge in [0.15, 0.2) is 0 Å². The number of aromatic nitrogens is 1. The van der Waals surface area contributed by atoms with Crippen molar-refractivity contribution in [3.63, 3.8) is 0 Å². The fourth-order valence-electron chi connectivity index (χ4n) is 2.62. The molecular formula is C18H24N2. The monoisotopic (exact) mass is 268 g/mol. The van der Waals surface area contributed by atoms with Crippen LogP contribution in [0.2, 0.25) is 0 Å². The number of rotatable bonds is 5. The van der Waals surface area contributed by atoms with Crippen LogP contribution in [0.5, 0.6) is 0 Å². The third-order valence-electron chi connectivity index (χ3n) is 3.85. The van der Waals surface area contributed by atoms with E-state index in [-0.39, 0.29) is 0 Å². The summed E-state index contributed by atoms with van der Waals surface area (Å²) in [5.74, 6) is 0. The maximum Gasteiger partial charge on any atom is 0.0422 e. The zero-order valence-corrected chi connectivity index (χ0v) is 12.9. The van der Waals surface area contributed by atoms with E-state index in [4.69, 9.17) is 0 Å². The highest BCUT2D eigenvalue weighted by atomic mass is 14.9. The van der Waals surface area contributed by atoms with Crippen LogP contribution in [0.15, 0.2) is 36.5 Å². The zero-order valence-electron chi connectivity index (χ0n) is 12.9. The second-order valence-electron chi connectivity index (χ2n) is 5.43. The minimum atomic E-state index is 0.328. The lowest BCUT2D eigenvalue weighted by atomic mass is 9.93. The van der Waals surface area contributed by atoms with Crippen LogP contribution in [-0.2, 0) is 6.42 Å². The van der Waals surface area contributed by atoms with Crippen molar-refractivity contribution in [2.75, 3.05) is 6.54 Å². The van der Waals surface area contributed by atoms with Crippen molar-refractivity contribution < 1.29 is 0 Å². The lowest BCUT2D eigenvalue weighted by molar-refractivity contribution is 0.541. The summed E-state index contributed by atoms with van der Waals surface area (Å²) >= 11 is 0. The number of hydrogen-bond donors (Lipinski definition) is 1. The highest BCUT2D eigenvalue weighted by molar-refractivity contribution is 5.38. The quantitative estimate of drug-likeness (QED) is 0.889. The molecule has 0 bridgehead atoms. The van der Waals surface area contributed by atoms with Gasteiger partial charge in [-0.15, -0.1) is 0 Å². The molecule has 20 heavy (non-hydrogen) atoms. The molecule has 0 aliphatic carbocycles. The van der Waals surface area contributed by atoms with E-state index >= 15 is 0 Å². The lowest BCUT2D eigenvalue weighted by Gasteiger charge is -2.21. The first-order valence-electron chi connectivity index (χ1n) is 7.32. The molecule has 0 spiro atoms. The molecule has 1 atom stereocenters. The Morgan fingerprint density at radius 1 is 1.05 bits per heavy atom. The molecule has 1 heterocycles. The van der Waals surface area contributed by atoms with Gasteiger partial charge in [0, 0.05) is 24.4 Å². The molecule has 0 aliphatic heterocycles. The summed E-state index contributed by atoms with van der Waals surface area (Å²) in [6, 6.07) is 11.1. The topological polar surface area (TPSA) is 24.9 Å². The van der Waals surface area contributed by atoms with Crippen LogP contribution in [0.1, 0.15) is 40.9 Å². The number of likely N-dealkylation sites (N-methyl/N-ethyl adjacent to an activating group) is 1. The molecule has 1 N–H and O–H groups in total. The Morgan fingerprint density at radius 2 is 1.80 bits per heavy atom. The third-order valence-corrected chi connectivity index (χ3v) is 3.85. The maximum absolute atomic E-state index is 4.46.